The molecule has 1 N–H and O–H groups in total. The molecule has 1 aromatic rings. The number of amides is 1. The van der Waals surface area contributed by atoms with Gasteiger partial charge in [-0.15, -0.1) is 0 Å². The zero-order chi connectivity index (χ0) is 21.4. The standard InChI is InChI=1S/C21H34FN5O2/c1-6-16(2)24-21(23-14-20(28)25(3)4)27-11-9-26(10-12-27)15-17-7-8-19(29-5)18(22)13-17/h7-8,13,16H,6,9-12,14-15H2,1-5H3,(H,23,24). The van der Waals surface area contributed by atoms with E-state index in [0.717, 1.165) is 44.1 Å². The second kappa shape index (κ2) is 11.0. The lowest BCUT2D eigenvalue weighted by Gasteiger charge is -2.37. The Labute approximate surface area is 173 Å². The molecule has 0 spiro atoms. The van der Waals surface area contributed by atoms with E-state index in [2.05, 4.69) is 34.0 Å². The van der Waals surface area contributed by atoms with Crippen LogP contribution in [0.1, 0.15) is 25.8 Å². The van der Waals surface area contributed by atoms with E-state index in [4.69, 9.17) is 4.74 Å². The maximum absolute atomic E-state index is 13.9. The first-order chi connectivity index (χ1) is 13.8. The van der Waals surface area contributed by atoms with Crippen LogP contribution < -0.4 is 10.1 Å². The summed E-state index contributed by atoms with van der Waals surface area (Å²) in [5.41, 5.74) is 0.931. The molecule has 8 heteroatoms. The molecule has 2 rings (SSSR count). The summed E-state index contributed by atoms with van der Waals surface area (Å²) in [6, 6.07) is 5.39. The number of nitrogens with zero attached hydrogens (tertiary/aromatic N) is 4. The minimum Gasteiger partial charge on any atom is -0.494 e. The van der Waals surface area contributed by atoms with Crippen LogP contribution in [0.15, 0.2) is 23.2 Å². The molecule has 0 aliphatic carbocycles. The van der Waals surface area contributed by atoms with E-state index >= 15 is 0 Å². The van der Waals surface area contributed by atoms with E-state index in [-0.39, 0.29) is 30.1 Å². The van der Waals surface area contributed by atoms with Gasteiger partial charge < -0.3 is 19.9 Å². The topological polar surface area (TPSA) is 60.4 Å². The van der Waals surface area contributed by atoms with E-state index in [9.17, 15) is 9.18 Å². The van der Waals surface area contributed by atoms with Crippen molar-refractivity contribution in [2.45, 2.75) is 32.9 Å². The largest absolute Gasteiger partial charge is 0.494 e. The molecule has 162 valence electrons. The highest BCUT2D eigenvalue weighted by Crippen LogP contribution is 2.19. The predicted octanol–water partition coefficient (Wildman–Crippen LogP) is 1.78. The first kappa shape index (κ1) is 22.9. The molecule has 1 heterocycles. The Morgan fingerprint density at radius 1 is 1.31 bits per heavy atom. The summed E-state index contributed by atoms with van der Waals surface area (Å²) in [5, 5.41) is 3.44. The lowest BCUT2D eigenvalue weighted by molar-refractivity contribution is -0.127. The van der Waals surface area contributed by atoms with Gasteiger partial charge in [-0.3, -0.25) is 9.69 Å². The van der Waals surface area contributed by atoms with Crippen LogP contribution in [0.25, 0.3) is 0 Å². The fourth-order valence-electron chi connectivity index (χ4n) is 3.03. The summed E-state index contributed by atoms with van der Waals surface area (Å²) in [6.45, 7) is 8.35. The van der Waals surface area contributed by atoms with Gasteiger partial charge in [0.05, 0.1) is 7.11 Å². The summed E-state index contributed by atoms with van der Waals surface area (Å²) in [4.78, 5) is 22.5. The van der Waals surface area contributed by atoms with E-state index in [1.807, 2.05) is 6.07 Å². The second-order valence-electron chi connectivity index (χ2n) is 7.61. The summed E-state index contributed by atoms with van der Waals surface area (Å²) in [7, 11) is 4.94. The van der Waals surface area contributed by atoms with Crippen molar-refractivity contribution in [3.63, 3.8) is 0 Å². The van der Waals surface area contributed by atoms with Crippen LogP contribution in [-0.4, -0.2) is 86.5 Å². The van der Waals surface area contributed by atoms with Gasteiger partial charge >= 0.3 is 0 Å². The Kier molecular flexibility index (Phi) is 8.70. The Hall–Kier alpha value is -2.35. The highest BCUT2D eigenvalue weighted by Gasteiger charge is 2.21. The number of methoxy groups -OCH3 is 1. The summed E-state index contributed by atoms with van der Waals surface area (Å²) < 4.78 is 18.9. The number of carbonyl (C=O) groups is 1. The maximum Gasteiger partial charge on any atom is 0.243 e. The number of ether oxygens (including phenoxy) is 1. The van der Waals surface area contributed by atoms with E-state index < -0.39 is 0 Å². The van der Waals surface area contributed by atoms with Gasteiger partial charge in [0.1, 0.15) is 6.54 Å². The van der Waals surface area contributed by atoms with Crippen molar-refractivity contribution in [1.82, 2.24) is 20.0 Å². The fraction of sp³-hybridized carbons (Fsp3) is 0.619. The molecule has 0 aromatic heterocycles. The molecular weight excluding hydrogens is 373 g/mol. The average Bonchev–Trinajstić information content (AvgIpc) is 2.71. The first-order valence-corrected chi connectivity index (χ1v) is 10.1. The Balaban J connectivity index is 1.96. The molecule has 1 amide bonds. The van der Waals surface area contributed by atoms with Gasteiger partial charge in [-0.25, -0.2) is 9.38 Å². The smallest absolute Gasteiger partial charge is 0.243 e. The number of halogens is 1. The Bertz CT molecular complexity index is 702. The zero-order valence-corrected chi connectivity index (χ0v) is 18.2. The Morgan fingerprint density at radius 3 is 2.55 bits per heavy atom. The second-order valence-corrected chi connectivity index (χ2v) is 7.61. The lowest BCUT2D eigenvalue weighted by atomic mass is 10.2. The van der Waals surface area contributed by atoms with Crippen molar-refractivity contribution in [3.8, 4) is 5.75 Å². The molecule has 1 saturated heterocycles. The number of nitrogens with one attached hydrogen (secondary N) is 1. The SMILES string of the molecule is CCC(C)NC(=NCC(=O)N(C)C)N1CCN(Cc2ccc(OC)c(F)c2)CC1. The first-order valence-electron chi connectivity index (χ1n) is 10.1. The van der Waals surface area contributed by atoms with E-state index in [1.165, 1.54) is 13.2 Å². The van der Waals surface area contributed by atoms with Gasteiger partial charge in [-0.05, 0) is 31.0 Å². The van der Waals surface area contributed by atoms with Crippen molar-refractivity contribution in [2.24, 2.45) is 4.99 Å². The van der Waals surface area contributed by atoms with Crippen molar-refractivity contribution in [2.75, 3.05) is 53.9 Å². The Morgan fingerprint density at radius 2 is 2.00 bits per heavy atom. The molecule has 0 radical (unpaired) electrons. The minimum absolute atomic E-state index is 0.0198. The third-order valence-electron chi connectivity index (χ3n) is 5.14. The van der Waals surface area contributed by atoms with Gasteiger partial charge in [0, 0.05) is 52.9 Å². The van der Waals surface area contributed by atoms with Gasteiger partial charge in [-0.2, -0.15) is 0 Å². The van der Waals surface area contributed by atoms with Crippen LogP contribution in [0.2, 0.25) is 0 Å². The maximum atomic E-state index is 13.9. The van der Waals surface area contributed by atoms with Crippen LogP contribution >= 0.6 is 0 Å². The van der Waals surface area contributed by atoms with Crippen LogP contribution in [0.5, 0.6) is 5.75 Å². The van der Waals surface area contributed by atoms with Crippen molar-refractivity contribution < 1.29 is 13.9 Å². The molecule has 1 aromatic carbocycles. The molecule has 1 atom stereocenters. The van der Waals surface area contributed by atoms with E-state index in [1.54, 1.807) is 25.1 Å². The molecular formula is C21H34FN5O2. The third-order valence-corrected chi connectivity index (χ3v) is 5.14. The number of aliphatic imine (C=N–C) groups is 1. The molecule has 1 unspecified atom stereocenters. The van der Waals surface area contributed by atoms with E-state index in [0.29, 0.717) is 6.54 Å². The number of hydrogen-bond acceptors (Lipinski definition) is 4. The normalized spacial score (nSPS) is 16.5. The van der Waals surface area contributed by atoms with Gasteiger partial charge in [0.2, 0.25) is 5.91 Å². The van der Waals surface area contributed by atoms with Crippen molar-refractivity contribution >= 4 is 11.9 Å². The van der Waals surface area contributed by atoms with Crippen LogP contribution in [0.4, 0.5) is 4.39 Å². The number of guanidine groups is 1. The van der Waals surface area contributed by atoms with Crippen molar-refractivity contribution in [1.29, 1.82) is 0 Å². The highest BCUT2D eigenvalue weighted by atomic mass is 19.1. The molecule has 29 heavy (non-hydrogen) atoms. The molecule has 0 bridgehead atoms. The van der Waals surface area contributed by atoms with Gasteiger partial charge in [0.25, 0.3) is 0 Å². The predicted molar refractivity (Wildman–Crippen MR) is 114 cm³/mol. The molecule has 7 nitrogen and oxygen atoms in total. The number of benzene rings is 1. The molecule has 0 saturated carbocycles. The number of hydrogen-bond donors (Lipinski definition) is 1. The number of carbonyl (C=O) groups excluding carboxylic acids is 1. The van der Waals surface area contributed by atoms with Gasteiger partial charge in [-0.1, -0.05) is 13.0 Å². The van der Waals surface area contributed by atoms with Crippen LogP contribution in [0.3, 0.4) is 0 Å². The monoisotopic (exact) mass is 407 g/mol. The quantitative estimate of drug-likeness (QED) is 0.552. The summed E-state index contributed by atoms with van der Waals surface area (Å²) >= 11 is 0. The third kappa shape index (κ3) is 6.88. The zero-order valence-electron chi connectivity index (χ0n) is 18.2. The molecule has 1 aliphatic rings. The number of rotatable bonds is 7. The minimum atomic E-state index is -0.332. The average molecular weight is 408 g/mol. The van der Waals surface area contributed by atoms with Gasteiger partial charge in [0.15, 0.2) is 17.5 Å². The fourth-order valence-corrected chi connectivity index (χ4v) is 3.03. The van der Waals surface area contributed by atoms with Crippen molar-refractivity contribution in [3.05, 3.63) is 29.6 Å². The highest BCUT2D eigenvalue weighted by molar-refractivity contribution is 5.85. The summed E-state index contributed by atoms with van der Waals surface area (Å²) in [6.07, 6.45) is 0.976. The van der Waals surface area contributed by atoms with Crippen LogP contribution in [0, 0.1) is 5.82 Å². The number of likely N-dealkylation sites (N-methyl/N-ethyl adjacent to an activating group) is 1. The number of piperazine rings is 1. The lowest BCUT2D eigenvalue weighted by Crippen LogP contribution is -2.53. The molecule has 1 aliphatic heterocycles. The van der Waals surface area contributed by atoms with Crippen LogP contribution in [-0.2, 0) is 11.3 Å². The molecule has 1 fully saturated rings. The summed E-state index contributed by atoms with van der Waals surface area (Å²) in [5.74, 6) is 0.697.